The van der Waals surface area contributed by atoms with Crippen LogP contribution in [0.2, 0.25) is 0 Å². The zero-order valence-electron chi connectivity index (χ0n) is 26.6. The smallest absolute Gasteiger partial charge is 0.201 e. The molecule has 4 aliphatic heterocycles. The lowest BCUT2D eigenvalue weighted by Crippen LogP contribution is -2.48. The van der Waals surface area contributed by atoms with Gasteiger partial charge in [0.2, 0.25) is 5.75 Å². The predicted octanol–water partition coefficient (Wildman–Crippen LogP) is 6.70. The molecule has 0 saturated heterocycles. The van der Waals surface area contributed by atoms with Crippen LogP contribution >= 0.6 is 0 Å². The van der Waals surface area contributed by atoms with Crippen LogP contribution in [0.3, 0.4) is 0 Å². The number of quaternary nitrogens is 1. The highest BCUT2D eigenvalue weighted by atomic mass is 16.5. The van der Waals surface area contributed by atoms with Gasteiger partial charge in [0.25, 0.3) is 0 Å². The maximum atomic E-state index is 11.7. The Bertz CT molecular complexity index is 1770. The number of hydrogen-bond donors (Lipinski definition) is 2. The van der Waals surface area contributed by atoms with Gasteiger partial charge in [-0.15, -0.1) is 0 Å². The summed E-state index contributed by atoms with van der Waals surface area (Å²) >= 11 is 0. The van der Waals surface area contributed by atoms with E-state index in [1.54, 1.807) is 20.3 Å². The van der Waals surface area contributed by atoms with Gasteiger partial charge in [-0.1, -0.05) is 18.2 Å². The average Bonchev–Trinajstić information content (AvgIpc) is 3.03. The Morgan fingerprint density at radius 1 is 0.800 bits per heavy atom. The molecule has 4 aliphatic rings. The van der Waals surface area contributed by atoms with Crippen LogP contribution in [0.5, 0.6) is 46.0 Å². The van der Waals surface area contributed by atoms with E-state index in [1.165, 1.54) is 5.56 Å². The Kier molecular flexibility index (Phi) is 7.29. The summed E-state index contributed by atoms with van der Waals surface area (Å²) in [6, 6.07) is 19.8. The molecule has 4 heterocycles. The molecule has 0 saturated carbocycles. The van der Waals surface area contributed by atoms with Crippen LogP contribution in [0.15, 0.2) is 60.7 Å². The van der Waals surface area contributed by atoms with E-state index in [-0.39, 0.29) is 23.6 Å². The van der Waals surface area contributed by atoms with E-state index >= 15 is 0 Å². The third-order valence-corrected chi connectivity index (χ3v) is 9.99. The molecule has 8 heteroatoms. The lowest BCUT2D eigenvalue weighted by atomic mass is 9.86. The summed E-state index contributed by atoms with van der Waals surface area (Å²) in [5.74, 6) is 3.19. The van der Waals surface area contributed by atoms with Gasteiger partial charge >= 0.3 is 0 Å². The SMILES string of the molecule is COc1cc2c3cc1Oc1c(O)c(OC)cc4c1C(Cc1ccc(cc1)Oc1cc(ccc1O)CC3N(C)CC2)[N+](C)(C)CC4. The molecule has 2 N–H and O–H groups in total. The van der Waals surface area contributed by atoms with E-state index in [4.69, 9.17) is 18.9 Å². The summed E-state index contributed by atoms with van der Waals surface area (Å²) in [5.41, 5.74) is 6.63. The van der Waals surface area contributed by atoms with Gasteiger partial charge in [-0.3, -0.25) is 4.90 Å². The molecular weight excluding hydrogens is 568 g/mol. The number of benzene rings is 4. The zero-order chi connectivity index (χ0) is 31.5. The number of phenolic OH excluding ortho intramolecular Hbond substituents is 2. The van der Waals surface area contributed by atoms with Gasteiger partial charge in [0.05, 0.1) is 40.4 Å². The first-order chi connectivity index (χ1) is 21.6. The van der Waals surface area contributed by atoms with Crippen molar-refractivity contribution < 1.29 is 33.6 Å². The molecule has 0 spiro atoms. The number of rotatable bonds is 2. The maximum Gasteiger partial charge on any atom is 0.201 e. The Morgan fingerprint density at radius 2 is 1.53 bits per heavy atom. The van der Waals surface area contributed by atoms with Gasteiger partial charge in [0.1, 0.15) is 11.8 Å². The maximum absolute atomic E-state index is 11.7. The lowest BCUT2D eigenvalue weighted by molar-refractivity contribution is -0.923. The summed E-state index contributed by atoms with van der Waals surface area (Å²) in [5, 5.41) is 22.4. The van der Waals surface area contributed by atoms with E-state index in [9.17, 15) is 10.2 Å². The Labute approximate surface area is 264 Å². The molecule has 0 radical (unpaired) electrons. The number of nitrogens with zero attached hydrogens (tertiary/aromatic N) is 2. The van der Waals surface area contributed by atoms with Gasteiger partial charge in [0.15, 0.2) is 34.5 Å². The monoisotopic (exact) mass is 609 g/mol. The molecule has 2 unspecified atom stereocenters. The molecule has 234 valence electrons. The standard InChI is InChI=1S/C37H40N2O6/c1-38-14-12-24-19-32(42-4)33-21-27(24)28(38)16-23-8-11-30(40)31(18-23)44-26-9-6-22(7-10-26)17-29-35-25(13-15-39(29,2)3)20-34(43-5)36(41)37(35)45-33/h6-11,18-21,28-29H,12-17H2,1-5H3,(H-,40,41)/p+1. The highest BCUT2D eigenvalue weighted by molar-refractivity contribution is 5.62. The Hall–Kier alpha value is -4.40. The van der Waals surface area contributed by atoms with Crippen molar-refractivity contribution in [3.05, 3.63) is 94.0 Å². The molecular formula is C37H41N2O6+. The van der Waals surface area contributed by atoms with Crippen LogP contribution in [-0.2, 0) is 25.7 Å². The molecule has 4 aromatic rings. The number of phenols is 2. The number of fused-ring (bicyclic) bond motifs is 2. The Morgan fingerprint density at radius 3 is 2.29 bits per heavy atom. The first-order valence-electron chi connectivity index (χ1n) is 15.6. The number of likely N-dealkylation sites (N-methyl/N-ethyl adjacent to an activating group) is 2. The van der Waals surface area contributed by atoms with Crippen LogP contribution in [0.1, 0.15) is 45.5 Å². The van der Waals surface area contributed by atoms with Gasteiger partial charge in [0, 0.05) is 25.4 Å². The van der Waals surface area contributed by atoms with Crippen molar-refractivity contribution in [1.82, 2.24) is 4.90 Å². The van der Waals surface area contributed by atoms with Crippen molar-refractivity contribution in [3.8, 4) is 46.0 Å². The van der Waals surface area contributed by atoms with Crippen molar-refractivity contribution in [3.63, 3.8) is 0 Å². The van der Waals surface area contributed by atoms with E-state index in [0.29, 0.717) is 40.9 Å². The van der Waals surface area contributed by atoms with Gasteiger partial charge in [-0.05, 0) is 90.2 Å². The molecule has 0 aromatic heterocycles. The second kappa shape index (κ2) is 11.2. The van der Waals surface area contributed by atoms with Crippen LogP contribution in [0, 0.1) is 0 Å². The van der Waals surface area contributed by atoms with Crippen LogP contribution in [0.25, 0.3) is 0 Å². The largest absolute Gasteiger partial charge is 0.504 e. The minimum absolute atomic E-state index is 0.00515. The second-order valence-corrected chi connectivity index (χ2v) is 13.1. The average molecular weight is 610 g/mol. The number of methoxy groups -OCH3 is 2. The summed E-state index contributed by atoms with van der Waals surface area (Å²) in [6.07, 6.45) is 3.13. The fraction of sp³-hybridized carbons (Fsp3) is 0.351. The third-order valence-electron chi connectivity index (χ3n) is 9.99. The number of ether oxygens (including phenoxy) is 4. The topological polar surface area (TPSA) is 80.6 Å². The minimum atomic E-state index is -0.00799. The molecule has 8 rings (SSSR count). The van der Waals surface area contributed by atoms with E-state index in [1.807, 2.05) is 30.3 Å². The quantitative estimate of drug-likeness (QED) is 0.245. The normalized spacial score (nSPS) is 20.2. The Balaban J connectivity index is 1.46. The molecule has 4 aromatic carbocycles. The van der Waals surface area contributed by atoms with Crippen molar-refractivity contribution in [1.29, 1.82) is 0 Å². The molecule has 0 amide bonds. The highest BCUT2D eigenvalue weighted by Crippen LogP contribution is 2.52. The minimum Gasteiger partial charge on any atom is -0.504 e. The molecule has 2 atom stereocenters. The highest BCUT2D eigenvalue weighted by Gasteiger charge is 2.41. The van der Waals surface area contributed by atoms with Crippen molar-refractivity contribution in [2.45, 2.75) is 37.8 Å². The van der Waals surface area contributed by atoms with Crippen LogP contribution in [-0.4, -0.2) is 68.0 Å². The fourth-order valence-corrected chi connectivity index (χ4v) is 7.27. The van der Waals surface area contributed by atoms with E-state index < -0.39 is 0 Å². The van der Waals surface area contributed by atoms with Crippen molar-refractivity contribution >= 4 is 0 Å². The summed E-state index contributed by atoms with van der Waals surface area (Å²) in [6.45, 7) is 1.83. The molecule has 45 heavy (non-hydrogen) atoms. The van der Waals surface area contributed by atoms with Gasteiger partial charge in [-0.25, -0.2) is 0 Å². The molecule has 6 bridgehead atoms. The summed E-state index contributed by atoms with van der Waals surface area (Å²) in [7, 11) is 9.84. The number of aromatic hydroxyl groups is 2. The third kappa shape index (κ3) is 5.22. The van der Waals surface area contributed by atoms with Crippen molar-refractivity contribution in [2.24, 2.45) is 0 Å². The molecule has 0 fully saturated rings. The first-order valence-corrected chi connectivity index (χ1v) is 15.6. The summed E-state index contributed by atoms with van der Waals surface area (Å²) in [4.78, 5) is 2.35. The number of hydrogen-bond acceptors (Lipinski definition) is 7. The first kappa shape index (κ1) is 29.3. The van der Waals surface area contributed by atoms with Gasteiger partial charge < -0.3 is 33.6 Å². The fourth-order valence-electron chi connectivity index (χ4n) is 7.27. The lowest BCUT2D eigenvalue weighted by Gasteiger charge is -2.43. The van der Waals surface area contributed by atoms with Crippen LogP contribution in [0.4, 0.5) is 0 Å². The molecule has 8 nitrogen and oxygen atoms in total. The zero-order valence-corrected chi connectivity index (χ0v) is 26.6. The van der Waals surface area contributed by atoms with E-state index in [0.717, 1.165) is 64.7 Å². The van der Waals surface area contributed by atoms with Crippen LogP contribution < -0.4 is 18.9 Å². The predicted molar refractivity (Wildman–Crippen MR) is 172 cm³/mol. The van der Waals surface area contributed by atoms with E-state index in [2.05, 4.69) is 50.3 Å². The second-order valence-electron chi connectivity index (χ2n) is 13.1. The summed E-state index contributed by atoms with van der Waals surface area (Å²) < 4.78 is 25.4. The van der Waals surface area contributed by atoms with Gasteiger partial charge in [-0.2, -0.15) is 0 Å². The van der Waals surface area contributed by atoms with Crippen molar-refractivity contribution in [2.75, 3.05) is 48.5 Å². The molecule has 0 aliphatic carbocycles.